The summed E-state index contributed by atoms with van der Waals surface area (Å²) in [5, 5.41) is 4.36. The summed E-state index contributed by atoms with van der Waals surface area (Å²) >= 11 is 0. The average Bonchev–Trinajstić information content (AvgIpc) is 3.31. The number of aromatic nitrogens is 3. The second-order valence-electron chi connectivity index (χ2n) is 8.23. The first-order valence-electron chi connectivity index (χ1n) is 10.4. The van der Waals surface area contributed by atoms with Crippen LogP contribution in [0.5, 0.6) is 0 Å². The Balaban J connectivity index is 1.61. The van der Waals surface area contributed by atoms with Crippen molar-refractivity contribution in [1.29, 1.82) is 0 Å². The van der Waals surface area contributed by atoms with E-state index < -0.39 is 0 Å². The highest BCUT2D eigenvalue weighted by molar-refractivity contribution is 5.98. The number of amides is 1. The van der Waals surface area contributed by atoms with Crippen LogP contribution < -0.4 is 5.32 Å². The molecule has 0 unspecified atom stereocenters. The molecule has 0 bridgehead atoms. The van der Waals surface area contributed by atoms with Gasteiger partial charge in [0, 0.05) is 36.9 Å². The molecule has 2 aromatic heterocycles. The fraction of sp³-hybridized carbons (Fsp3) is 0.478. The summed E-state index contributed by atoms with van der Waals surface area (Å²) in [6.07, 6.45) is 11.2. The minimum atomic E-state index is 0.0174. The number of hydrogen-bond donors (Lipinski definition) is 1. The highest BCUT2D eigenvalue weighted by Gasteiger charge is 2.31. The van der Waals surface area contributed by atoms with Gasteiger partial charge in [0.15, 0.2) is 0 Å². The van der Waals surface area contributed by atoms with Crippen LogP contribution in [0, 0.1) is 5.41 Å². The van der Waals surface area contributed by atoms with E-state index in [4.69, 9.17) is 0 Å². The van der Waals surface area contributed by atoms with Gasteiger partial charge < -0.3 is 14.5 Å². The van der Waals surface area contributed by atoms with E-state index in [0.29, 0.717) is 12.2 Å². The van der Waals surface area contributed by atoms with Crippen molar-refractivity contribution < 1.29 is 4.79 Å². The molecular weight excluding hydrogens is 348 g/mol. The molecule has 0 aliphatic heterocycles. The second kappa shape index (κ2) is 7.82. The van der Waals surface area contributed by atoms with Crippen molar-refractivity contribution in [2.24, 2.45) is 12.5 Å². The summed E-state index contributed by atoms with van der Waals surface area (Å²) < 4.78 is 4.09. The predicted octanol–water partition coefficient (Wildman–Crippen LogP) is 4.51. The lowest BCUT2D eigenvalue weighted by Gasteiger charge is -2.36. The van der Waals surface area contributed by atoms with Crippen LogP contribution in [0.3, 0.4) is 0 Å². The first kappa shape index (κ1) is 18.8. The molecule has 1 fully saturated rings. The van der Waals surface area contributed by atoms with Gasteiger partial charge in [0.25, 0.3) is 5.91 Å². The predicted molar refractivity (Wildman–Crippen MR) is 112 cm³/mol. The molecule has 3 aromatic rings. The minimum Gasteiger partial charge on any atom is -0.350 e. The highest BCUT2D eigenvalue weighted by Crippen LogP contribution is 2.38. The molecule has 1 amide bonds. The summed E-state index contributed by atoms with van der Waals surface area (Å²) in [7, 11) is 1.99. The number of para-hydroxylation sites is 1. The third-order valence-electron chi connectivity index (χ3n) is 6.55. The summed E-state index contributed by atoms with van der Waals surface area (Å²) in [5.74, 6) is 0.955. The highest BCUT2D eigenvalue weighted by atomic mass is 16.1. The van der Waals surface area contributed by atoms with Gasteiger partial charge >= 0.3 is 0 Å². The van der Waals surface area contributed by atoms with Crippen molar-refractivity contribution in [2.75, 3.05) is 6.54 Å². The molecule has 0 atom stereocenters. The number of nitrogens with zero attached hydrogens (tertiary/aromatic N) is 3. The van der Waals surface area contributed by atoms with Gasteiger partial charge in [-0.05, 0) is 36.8 Å². The van der Waals surface area contributed by atoms with Crippen molar-refractivity contribution in [2.45, 2.75) is 52.0 Å². The molecule has 148 valence electrons. The molecule has 1 aromatic carbocycles. The third-order valence-corrected chi connectivity index (χ3v) is 6.55. The zero-order valence-corrected chi connectivity index (χ0v) is 16.9. The van der Waals surface area contributed by atoms with E-state index in [0.717, 1.165) is 29.7 Å². The molecule has 1 aliphatic carbocycles. The molecule has 1 aliphatic rings. The monoisotopic (exact) mass is 378 g/mol. The Morgan fingerprint density at radius 1 is 1.21 bits per heavy atom. The Kier molecular flexibility index (Phi) is 5.25. The van der Waals surface area contributed by atoms with Gasteiger partial charge in [0.05, 0.1) is 6.54 Å². The number of benzene rings is 1. The van der Waals surface area contributed by atoms with Gasteiger partial charge in [-0.3, -0.25) is 4.79 Å². The van der Waals surface area contributed by atoms with Crippen LogP contribution in [0.2, 0.25) is 0 Å². The molecule has 0 saturated heterocycles. The van der Waals surface area contributed by atoms with Crippen molar-refractivity contribution in [3.05, 3.63) is 54.2 Å². The minimum absolute atomic E-state index is 0.0174. The van der Waals surface area contributed by atoms with E-state index in [9.17, 15) is 4.79 Å². The Bertz CT molecular complexity index is 962. The van der Waals surface area contributed by atoms with Gasteiger partial charge in [-0.15, -0.1) is 0 Å². The van der Waals surface area contributed by atoms with Crippen LogP contribution in [0.4, 0.5) is 0 Å². The van der Waals surface area contributed by atoms with Crippen molar-refractivity contribution in [3.8, 4) is 0 Å². The van der Waals surface area contributed by atoms with Crippen LogP contribution >= 0.6 is 0 Å². The standard InChI is InChI=1S/C23H30N4O/c1-3-23(11-7-4-8-12-23)17-25-22(28)20-15-18-9-5-6-10-19(18)27(20)16-21-24-13-14-26(21)2/h5-6,9-10,13-15H,3-4,7-8,11-12,16-17H2,1-2H3,(H,25,28). The fourth-order valence-corrected chi connectivity index (χ4v) is 4.57. The molecule has 28 heavy (non-hydrogen) atoms. The number of fused-ring (bicyclic) bond motifs is 1. The van der Waals surface area contributed by atoms with Crippen LogP contribution in [-0.2, 0) is 13.6 Å². The Morgan fingerprint density at radius 2 is 2.00 bits per heavy atom. The quantitative estimate of drug-likeness (QED) is 0.686. The van der Waals surface area contributed by atoms with E-state index in [1.165, 1.54) is 32.1 Å². The molecule has 0 radical (unpaired) electrons. The smallest absolute Gasteiger partial charge is 0.267 e. The largest absolute Gasteiger partial charge is 0.350 e. The number of hydrogen-bond acceptors (Lipinski definition) is 2. The third kappa shape index (κ3) is 3.58. The van der Waals surface area contributed by atoms with Crippen molar-refractivity contribution >= 4 is 16.8 Å². The van der Waals surface area contributed by atoms with Gasteiger partial charge in [-0.25, -0.2) is 4.98 Å². The van der Waals surface area contributed by atoms with E-state index in [1.807, 2.05) is 36.0 Å². The van der Waals surface area contributed by atoms with E-state index >= 15 is 0 Å². The number of nitrogens with one attached hydrogen (secondary N) is 1. The number of aryl methyl sites for hydroxylation is 1. The summed E-state index contributed by atoms with van der Waals surface area (Å²) in [4.78, 5) is 17.6. The van der Waals surface area contributed by atoms with Crippen LogP contribution in [0.1, 0.15) is 61.8 Å². The molecule has 1 N–H and O–H groups in total. The zero-order valence-electron chi connectivity index (χ0n) is 16.9. The average molecular weight is 379 g/mol. The second-order valence-corrected chi connectivity index (χ2v) is 8.23. The maximum Gasteiger partial charge on any atom is 0.267 e. The first-order chi connectivity index (χ1) is 13.6. The Hall–Kier alpha value is -2.56. The van der Waals surface area contributed by atoms with Crippen LogP contribution in [-0.4, -0.2) is 26.6 Å². The number of imidazole rings is 1. The van der Waals surface area contributed by atoms with Crippen molar-refractivity contribution in [3.63, 3.8) is 0 Å². The fourth-order valence-electron chi connectivity index (χ4n) is 4.57. The van der Waals surface area contributed by atoms with Gasteiger partial charge in [-0.2, -0.15) is 0 Å². The van der Waals surface area contributed by atoms with Crippen LogP contribution in [0.15, 0.2) is 42.7 Å². The van der Waals surface area contributed by atoms with Crippen LogP contribution in [0.25, 0.3) is 10.9 Å². The lowest BCUT2D eigenvalue weighted by molar-refractivity contribution is 0.0897. The molecule has 5 heteroatoms. The molecular formula is C23H30N4O. The van der Waals surface area contributed by atoms with Gasteiger partial charge in [0.1, 0.15) is 11.5 Å². The molecule has 5 nitrogen and oxygen atoms in total. The SMILES string of the molecule is CCC1(CNC(=O)c2cc3ccccc3n2Cc2nccn2C)CCCCC1. The van der Waals surface area contributed by atoms with Gasteiger partial charge in [-0.1, -0.05) is 44.4 Å². The lowest BCUT2D eigenvalue weighted by atomic mass is 9.72. The Morgan fingerprint density at radius 3 is 2.71 bits per heavy atom. The summed E-state index contributed by atoms with van der Waals surface area (Å²) in [5.41, 5.74) is 2.05. The zero-order chi connectivity index (χ0) is 19.6. The Labute approximate surface area is 166 Å². The van der Waals surface area contributed by atoms with Gasteiger partial charge in [0.2, 0.25) is 0 Å². The van der Waals surface area contributed by atoms with E-state index in [1.54, 1.807) is 6.20 Å². The normalized spacial score (nSPS) is 16.4. The molecule has 1 saturated carbocycles. The van der Waals surface area contributed by atoms with Crippen molar-refractivity contribution in [1.82, 2.24) is 19.4 Å². The lowest BCUT2D eigenvalue weighted by Crippen LogP contribution is -2.39. The number of carbonyl (C=O) groups is 1. The van der Waals surface area contributed by atoms with E-state index in [2.05, 4.69) is 33.9 Å². The maximum atomic E-state index is 13.2. The van der Waals surface area contributed by atoms with E-state index in [-0.39, 0.29) is 11.3 Å². The first-order valence-corrected chi connectivity index (χ1v) is 10.4. The molecule has 2 heterocycles. The summed E-state index contributed by atoms with van der Waals surface area (Å²) in [6.45, 7) is 3.61. The topological polar surface area (TPSA) is 51.9 Å². The number of rotatable bonds is 6. The number of carbonyl (C=O) groups excluding carboxylic acids is 1. The molecule has 4 rings (SSSR count). The molecule has 0 spiro atoms. The maximum absolute atomic E-state index is 13.2. The summed E-state index contributed by atoms with van der Waals surface area (Å²) in [6, 6.07) is 10.2.